The molecule has 72 valence electrons. The largest absolute Gasteiger partial charge is 0.359 e. The number of rotatable bonds is 4. The molecule has 2 nitrogen and oxygen atoms in total. The first-order valence-electron chi connectivity index (χ1n) is 4.65. The van der Waals surface area contributed by atoms with Crippen LogP contribution in [-0.2, 0) is 11.3 Å². The quantitative estimate of drug-likeness (QED) is 0.719. The SMILES string of the molecule is CCC(N)OCc1ccccc1C. The number of hydrogen-bond acceptors (Lipinski definition) is 2. The third kappa shape index (κ3) is 3.17. The molecule has 0 saturated heterocycles. The molecule has 1 aromatic rings. The summed E-state index contributed by atoms with van der Waals surface area (Å²) in [6.45, 7) is 4.71. The van der Waals surface area contributed by atoms with Crippen molar-refractivity contribution in [1.82, 2.24) is 0 Å². The van der Waals surface area contributed by atoms with Gasteiger partial charge in [-0.05, 0) is 24.5 Å². The van der Waals surface area contributed by atoms with E-state index < -0.39 is 0 Å². The molecular weight excluding hydrogens is 162 g/mol. The normalized spacial score (nSPS) is 12.8. The van der Waals surface area contributed by atoms with Crippen molar-refractivity contribution in [3.63, 3.8) is 0 Å². The van der Waals surface area contributed by atoms with E-state index in [0.29, 0.717) is 6.61 Å². The Morgan fingerprint density at radius 2 is 2.08 bits per heavy atom. The fourth-order valence-electron chi connectivity index (χ4n) is 1.09. The topological polar surface area (TPSA) is 35.2 Å². The van der Waals surface area contributed by atoms with Gasteiger partial charge in [0.15, 0.2) is 0 Å². The predicted molar refractivity (Wildman–Crippen MR) is 54.2 cm³/mol. The van der Waals surface area contributed by atoms with E-state index in [9.17, 15) is 0 Å². The number of benzene rings is 1. The van der Waals surface area contributed by atoms with Gasteiger partial charge in [0.1, 0.15) is 6.23 Å². The summed E-state index contributed by atoms with van der Waals surface area (Å²) in [5.74, 6) is 0. The third-order valence-electron chi connectivity index (χ3n) is 2.12. The van der Waals surface area contributed by atoms with E-state index in [2.05, 4.69) is 19.1 Å². The zero-order valence-corrected chi connectivity index (χ0v) is 8.29. The maximum absolute atomic E-state index is 5.65. The molecule has 0 spiro atoms. The van der Waals surface area contributed by atoms with Gasteiger partial charge in [-0.2, -0.15) is 0 Å². The van der Waals surface area contributed by atoms with Crippen molar-refractivity contribution >= 4 is 0 Å². The summed E-state index contributed by atoms with van der Waals surface area (Å²) in [5, 5.41) is 0. The van der Waals surface area contributed by atoms with E-state index in [4.69, 9.17) is 10.5 Å². The highest BCUT2D eigenvalue weighted by Crippen LogP contribution is 2.08. The Labute approximate surface area is 79.7 Å². The molecule has 0 bridgehead atoms. The highest BCUT2D eigenvalue weighted by Gasteiger charge is 2.00. The summed E-state index contributed by atoms with van der Waals surface area (Å²) in [7, 11) is 0. The fraction of sp³-hybridized carbons (Fsp3) is 0.455. The molecule has 0 aliphatic rings. The van der Waals surface area contributed by atoms with Crippen molar-refractivity contribution < 1.29 is 4.74 Å². The molecule has 1 rings (SSSR count). The third-order valence-corrected chi connectivity index (χ3v) is 2.12. The van der Waals surface area contributed by atoms with Gasteiger partial charge in [-0.1, -0.05) is 31.2 Å². The maximum atomic E-state index is 5.65. The van der Waals surface area contributed by atoms with Gasteiger partial charge in [0.05, 0.1) is 6.61 Å². The van der Waals surface area contributed by atoms with Crippen molar-refractivity contribution in [2.24, 2.45) is 5.73 Å². The van der Waals surface area contributed by atoms with Gasteiger partial charge in [0.25, 0.3) is 0 Å². The molecule has 2 heteroatoms. The first-order chi connectivity index (χ1) is 6.24. The smallest absolute Gasteiger partial charge is 0.105 e. The summed E-state index contributed by atoms with van der Waals surface area (Å²) < 4.78 is 5.44. The van der Waals surface area contributed by atoms with Crippen LogP contribution in [0.5, 0.6) is 0 Å². The molecule has 1 atom stereocenters. The van der Waals surface area contributed by atoms with Crippen LogP contribution < -0.4 is 5.73 Å². The second kappa shape index (κ2) is 5.00. The Morgan fingerprint density at radius 1 is 1.38 bits per heavy atom. The molecule has 0 aromatic heterocycles. The molecule has 0 aliphatic heterocycles. The molecule has 0 fully saturated rings. The molecule has 0 heterocycles. The van der Waals surface area contributed by atoms with Crippen LogP contribution in [0.4, 0.5) is 0 Å². The number of aryl methyl sites for hydroxylation is 1. The summed E-state index contributed by atoms with van der Waals surface area (Å²) in [6.07, 6.45) is 0.714. The Hall–Kier alpha value is -0.860. The zero-order valence-electron chi connectivity index (χ0n) is 8.29. The number of nitrogens with two attached hydrogens (primary N) is 1. The maximum Gasteiger partial charge on any atom is 0.105 e. The molecule has 0 radical (unpaired) electrons. The van der Waals surface area contributed by atoms with Crippen LogP contribution in [0.2, 0.25) is 0 Å². The average Bonchev–Trinajstić information content (AvgIpc) is 2.16. The Kier molecular flexibility index (Phi) is 3.93. The van der Waals surface area contributed by atoms with Gasteiger partial charge < -0.3 is 10.5 Å². The fourth-order valence-corrected chi connectivity index (χ4v) is 1.09. The van der Waals surface area contributed by atoms with E-state index in [0.717, 1.165) is 6.42 Å². The van der Waals surface area contributed by atoms with Crippen molar-refractivity contribution in [1.29, 1.82) is 0 Å². The Bertz CT molecular complexity index is 260. The summed E-state index contributed by atoms with van der Waals surface area (Å²) in [6, 6.07) is 8.19. The molecule has 0 aliphatic carbocycles. The van der Waals surface area contributed by atoms with Crippen LogP contribution >= 0.6 is 0 Å². The van der Waals surface area contributed by atoms with Crippen LogP contribution in [0.25, 0.3) is 0 Å². The van der Waals surface area contributed by atoms with Crippen LogP contribution in [0.3, 0.4) is 0 Å². The Morgan fingerprint density at radius 3 is 2.69 bits per heavy atom. The van der Waals surface area contributed by atoms with E-state index in [1.165, 1.54) is 11.1 Å². The van der Waals surface area contributed by atoms with Crippen molar-refractivity contribution in [3.8, 4) is 0 Å². The molecule has 1 aromatic carbocycles. The second-order valence-electron chi connectivity index (χ2n) is 3.18. The molecule has 0 amide bonds. The molecule has 2 N–H and O–H groups in total. The van der Waals surface area contributed by atoms with Gasteiger partial charge in [0, 0.05) is 0 Å². The lowest BCUT2D eigenvalue weighted by atomic mass is 10.1. The predicted octanol–water partition coefficient (Wildman–Crippen LogP) is 2.21. The van der Waals surface area contributed by atoms with Gasteiger partial charge in [-0.15, -0.1) is 0 Å². The lowest BCUT2D eigenvalue weighted by Crippen LogP contribution is -2.22. The minimum Gasteiger partial charge on any atom is -0.359 e. The highest BCUT2D eigenvalue weighted by molar-refractivity contribution is 5.24. The van der Waals surface area contributed by atoms with Gasteiger partial charge >= 0.3 is 0 Å². The van der Waals surface area contributed by atoms with Gasteiger partial charge in [-0.25, -0.2) is 0 Å². The second-order valence-corrected chi connectivity index (χ2v) is 3.18. The monoisotopic (exact) mass is 179 g/mol. The van der Waals surface area contributed by atoms with E-state index >= 15 is 0 Å². The van der Waals surface area contributed by atoms with E-state index in [1.54, 1.807) is 0 Å². The van der Waals surface area contributed by atoms with Crippen LogP contribution in [0.15, 0.2) is 24.3 Å². The van der Waals surface area contributed by atoms with Crippen molar-refractivity contribution in [2.45, 2.75) is 33.1 Å². The first kappa shape index (κ1) is 10.2. The standard InChI is InChI=1S/C11H17NO/c1-3-11(12)13-8-10-7-5-4-6-9(10)2/h4-7,11H,3,8,12H2,1-2H3. The zero-order chi connectivity index (χ0) is 9.68. The highest BCUT2D eigenvalue weighted by atomic mass is 16.5. The summed E-state index contributed by atoms with van der Waals surface area (Å²) >= 11 is 0. The van der Waals surface area contributed by atoms with Gasteiger partial charge in [-0.3, -0.25) is 0 Å². The summed E-state index contributed by atoms with van der Waals surface area (Å²) in [5.41, 5.74) is 8.12. The number of hydrogen-bond donors (Lipinski definition) is 1. The lowest BCUT2D eigenvalue weighted by Gasteiger charge is -2.11. The Balaban J connectivity index is 2.50. The van der Waals surface area contributed by atoms with Crippen LogP contribution in [-0.4, -0.2) is 6.23 Å². The minimum absolute atomic E-state index is 0.139. The van der Waals surface area contributed by atoms with Crippen molar-refractivity contribution in [2.75, 3.05) is 0 Å². The molecule has 0 saturated carbocycles. The number of ether oxygens (including phenoxy) is 1. The first-order valence-corrected chi connectivity index (χ1v) is 4.65. The van der Waals surface area contributed by atoms with Crippen molar-refractivity contribution in [3.05, 3.63) is 35.4 Å². The summed E-state index contributed by atoms with van der Waals surface area (Å²) in [4.78, 5) is 0. The van der Waals surface area contributed by atoms with E-state index in [-0.39, 0.29) is 6.23 Å². The van der Waals surface area contributed by atoms with E-state index in [1.807, 2.05) is 19.1 Å². The minimum atomic E-state index is -0.139. The molecular formula is C11H17NO. The molecule has 13 heavy (non-hydrogen) atoms. The average molecular weight is 179 g/mol. The lowest BCUT2D eigenvalue weighted by molar-refractivity contribution is 0.0424. The van der Waals surface area contributed by atoms with Crippen LogP contribution in [0, 0.1) is 6.92 Å². The van der Waals surface area contributed by atoms with Crippen LogP contribution in [0.1, 0.15) is 24.5 Å². The molecule has 1 unspecified atom stereocenters. The van der Waals surface area contributed by atoms with Gasteiger partial charge in [0.2, 0.25) is 0 Å².